The van der Waals surface area contributed by atoms with E-state index in [0.717, 1.165) is 17.2 Å². The lowest BCUT2D eigenvalue weighted by atomic mass is 10.1. The van der Waals surface area contributed by atoms with Crippen molar-refractivity contribution in [3.05, 3.63) is 23.3 Å². The number of carbonyl (C=O) groups excluding carboxylic acids is 1. The molecular weight excluding hydrogens is 256 g/mol. The Morgan fingerprint density at radius 3 is 2.60 bits per heavy atom. The standard InChI is InChI=1S/C14H22N4O2/c1-8-5-9(2)18-13(17-8)3-4-16-14(20)10-6-11(15)12(19)7-10/h5,10-12,19H,3-4,6-7,15H2,1-2H3,(H,16,20)/t10-,11+,12+/m0/s1. The zero-order chi connectivity index (χ0) is 14.7. The Morgan fingerprint density at radius 2 is 2.05 bits per heavy atom. The molecule has 2 rings (SSSR count). The topological polar surface area (TPSA) is 101 Å². The van der Waals surface area contributed by atoms with Crippen molar-refractivity contribution in [1.29, 1.82) is 0 Å². The monoisotopic (exact) mass is 278 g/mol. The molecule has 1 heterocycles. The van der Waals surface area contributed by atoms with E-state index < -0.39 is 6.10 Å². The lowest BCUT2D eigenvalue weighted by molar-refractivity contribution is -0.125. The van der Waals surface area contributed by atoms with Crippen LogP contribution in [0.4, 0.5) is 0 Å². The summed E-state index contributed by atoms with van der Waals surface area (Å²) in [6, 6.07) is 1.64. The molecule has 0 saturated heterocycles. The number of aromatic nitrogens is 2. The third-order valence-corrected chi connectivity index (χ3v) is 3.62. The van der Waals surface area contributed by atoms with Crippen molar-refractivity contribution < 1.29 is 9.90 Å². The first kappa shape index (κ1) is 14.9. The highest BCUT2D eigenvalue weighted by molar-refractivity contribution is 5.79. The molecule has 1 aromatic rings. The summed E-state index contributed by atoms with van der Waals surface area (Å²) in [4.78, 5) is 20.6. The van der Waals surface area contributed by atoms with E-state index in [-0.39, 0.29) is 17.9 Å². The number of rotatable bonds is 4. The van der Waals surface area contributed by atoms with Crippen molar-refractivity contribution in [3.8, 4) is 0 Å². The van der Waals surface area contributed by atoms with Gasteiger partial charge in [-0.2, -0.15) is 0 Å². The predicted molar refractivity (Wildman–Crippen MR) is 74.9 cm³/mol. The molecule has 0 bridgehead atoms. The van der Waals surface area contributed by atoms with Crippen LogP contribution in [0, 0.1) is 19.8 Å². The Hall–Kier alpha value is -1.53. The van der Waals surface area contributed by atoms with Gasteiger partial charge in [0.15, 0.2) is 0 Å². The first-order valence-electron chi connectivity index (χ1n) is 6.98. The lowest BCUT2D eigenvalue weighted by Crippen LogP contribution is -2.32. The zero-order valence-corrected chi connectivity index (χ0v) is 12.0. The average Bonchev–Trinajstić information content (AvgIpc) is 2.68. The van der Waals surface area contributed by atoms with Crippen LogP contribution in [0.15, 0.2) is 6.07 Å². The van der Waals surface area contributed by atoms with Crippen LogP contribution in [0.2, 0.25) is 0 Å². The van der Waals surface area contributed by atoms with E-state index in [1.807, 2.05) is 19.9 Å². The fraction of sp³-hybridized carbons (Fsp3) is 0.643. The second kappa shape index (κ2) is 6.28. The molecule has 3 atom stereocenters. The van der Waals surface area contributed by atoms with Gasteiger partial charge in [-0.05, 0) is 32.8 Å². The number of nitrogens with zero attached hydrogens (tertiary/aromatic N) is 2. The van der Waals surface area contributed by atoms with Gasteiger partial charge in [-0.15, -0.1) is 0 Å². The molecule has 20 heavy (non-hydrogen) atoms. The van der Waals surface area contributed by atoms with Gasteiger partial charge >= 0.3 is 0 Å². The predicted octanol–water partition coefficient (Wildman–Crippen LogP) is -0.150. The number of aliphatic hydroxyl groups is 1. The molecule has 1 saturated carbocycles. The van der Waals surface area contributed by atoms with Gasteiger partial charge in [0.1, 0.15) is 5.82 Å². The van der Waals surface area contributed by atoms with Crippen molar-refractivity contribution in [2.45, 2.75) is 45.3 Å². The van der Waals surface area contributed by atoms with Crippen LogP contribution in [-0.4, -0.2) is 39.7 Å². The molecule has 1 aliphatic rings. The highest BCUT2D eigenvalue weighted by Gasteiger charge is 2.34. The van der Waals surface area contributed by atoms with Crippen LogP contribution in [-0.2, 0) is 11.2 Å². The van der Waals surface area contributed by atoms with Gasteiger partial charge < -0.3 is 16.2 Å². The summed E-state index contributed by atoms with van der Waals surface area (Å²) in [6.07, 6.45) is 1.05. The Bertz CT molecular complexity index is 462. The van der Waals surface area contributed by atoms with E-state index in [1.165, 1.54) is 0 Å². The molecule has 0 spiro atoms. The van der Waals surface area contributed by atoms with Gasteiger partial charge in [0.2, 0.25) is 5.91 Å². The van der Waals surface area contributed by atoms with Crippen LogP contribution in [0.5, 0.6) is 0 Å². The summed E-state index contributed by atoms with van der Waals surface area (Å²) in [5, 5.41) is 12.4. The number of nitrogens with one attached hydrogen (secondary N) is 1. The van der Waals surface area contributed by atoms with E-state index in [0.29, 0.717) is 25.8 Å². The van der Waals surface area contributed by atoms with Crippen LogP contribution in [0.1, 0.15) is 30.1 Å². The molecule has 0 aromatic carbocycles. The van der Waals surface area contributed by atoms with Crippen molar-refractivity contribution in [1.82, 2.24) is 15.3 Å². The lowest BCUT2D eigenvalue weighted by Gasteiger charge is -2.10. The van der Waals surface area contributed by atoms with Crippen LogP contribution in [0.25, 0.3) is 0 Å². The first-order valence-corrected chi connectivity index (χ1v) is 6.98. The van der Waals surface area contributed by atoms with Crippen molar-refractivity contribution in [2.75, 3.05) is 6.54 Å². The van der Waals surface area contributed by atoms with E-state index in [1.54, 1.807) is 0 Å². The number of carbonyl (C=O) groups is 1. The second-order valence-corrected chi connectivity index (χ2v) is 5.51. The molecule has 1 aliphatic carbocycles. The van der Waals surface area contributed by atoms with Crippen LogP contribution in [0.3, 0.4) is 0 Å². The molecule has 6 nitrogen and oxygen atoms in total. The zero-order valence-electron chi connectivity index (χ0n) is 12.0. The molecule has 0 aliphatic heterocycles. The van der Waals surface area contributed by atoms with E-state index in [2.05, 4.69) is 15.3 Å². The Labute approximate surface area is 118 Å². The fourth-order valence-electron chi connectivity index (χ4n) is 2.61. The third-order valence-electron chi connectivity index (χ3n) is 3.62. The molecule has 1 fully saturated rings. The maximum Gasteiger partial charge on any atom is 0.223 e. The maximum atomic E-state index is 11.9. The molecule has 1 amide bonds. The van der Waals surface area contributed by atoms with E-state index >= 15 is 0 Å². The van der Waals surface area contributed by atoms with Gasteiger partial charge in [0, 0.05) is 36.3 Å². The highest BCUT2D eigenvalue weighted by atomic mass is 16.3. The number of hydrogen-bond donors (Lipinski definition) is 3. The summed E-state index contributed by atoms with van der Waals surface area (Å²) >= 11 is 0. The molecule has 1 aromatic heterocycles. The summed E-state index contributed by atoms with van der Waals surface area (Å²) in [6.45, 7) is 4.36. The second-order valence-electron chi connectivity index (χ2n) is 5.51. The number of aliphatic hydroxyl groups excluding tert-OH is 1. The number of amides is 1. The fourth-order valence-corrected chi connectivity index (χ4v) is 2.61. The molecule has 4 N–H and O–H groups in total. The minimum absolute atomic E-state index is 0.0404. The van der Waals surface area contributed by atoms with E-state index in [4.69, 9.17) is 5.73 Å². The van der Waals surface area contributed by atoms with Gasteiger partial charge in [-0.25, -0.2) is 9.97 Å². The summed E-state index contributed by atoms with van der Waals surface area (Å²) in [7, 11) is 0. The smallest absolute Gasteiger partial charge is 0.223 e. The minimum atomic E-state index is -0.562. The van der Waals surface area contributed by atoms with Crippen LogP contribution < -0.4 is 11.1 Å². The van der Waals surface area contributed by atoms with Crippen LogP contribution >= 0.6 is 0 Å². The summed E-state index contributed by atoms with van der Waals surface area (Å²) in [5.74, 6) is 0.521. The average molecular weight is 278 g/mol. The number of nitrogens with two attached hydrogens (primary N) is 1. The van der Waals surface area contributed by atoms with Gasteiger partial charge in [0.05, 0.1) is 6.10 Å². The van der Waals surface area contributed by atoms with Gasteiger partial charge in [-0.1, -0.05) is 0 Å². The molecule has 6 heteroatoms. The van der Waals surface area contributed by atoms with E-state index in [9.17, 15) is 9.90 Å². The quantitative estimate of drug-likeness (QED) is 0.711. The largest absolute Gasteiger partial charge is 0.391 e. The Kier molecular flexibility index (Phi) is 4.67. The first-order chi connectivity index (χ1) is 9.45. The number of hydrogen-bond acceptors (Lipinski definition) is 5. The van der Waals surface area contributed by atoms with Gasteiger partial charge in [-0.3, -0.25) is 4.79 Å². The molecule has 0 radical (unpaired) electrons. The number of aryl methyl sites for hydroxylation is 2. The highest BCUT2D eigenvalue weighted by Crippen LogP contribution is 2.24. The van der Waals surface area contributed by atoms with Crippen molar-refractivity contribution in [2.24, 2.45) is 11.7 Å². The van der Waals surface area contributed by atoms with Crippen molar-refractivity contribution in [3.63, 3.8) is 0 Å². The van der Waals surface area contributed by atoms with Gasteiger partial charge in [0.25, 0.3) is 0 Å². The SMILES string of the molecule is Cc1cc(C)nc(CCNC(=O)[C@H]2C[C@@H](N)[C@H](O)C2)n1. The maximum absolute atomic E-state index is 11.9. The summed E-state index contributed by atoms with van der Waals surface area (Å²) < 4.78 is 0. The Morgan fingerprint density at radius 1 is 1.40 bits per heavy atom. The molecule has 0 unspecified atom stereocenters. The normalized spacial score (nSPS) is 25.7. The molecule has 110 valence electrons. The minimum Gasteiger partial charge on any atom is -0.391 e. The molecular formula is C14H22N4O2. The third kappa shape index (κ3) is 3.74. The van der Waals surface area contributed by atoms with Crippen molar-refractivity contribution >= 4 is 5.91 Å². The Balaban J connectivity index is 1.79. The summed E-state index contributed by atoms with van der Waals surface area (Å²) in [5.41, 5.74) is 7.58.